The maximum absolute atomic E-state index is 11.4. The molecule has 0 aromatic rings. The average Bonchev–Trinajstić information content (AvgIpc) is 2.77. The maximum atomic E-state index is 11.4. The molecule has 2 atom stereocenters. The Kier molecular flexibility index (Phi) is 3.40. The Hall–Kier alpha value is -1.14. The van der Waals surface area contributed by atoms with E-state index in [0.29, 0.717) is 11.8 Å². The van der Waals surface area contributed by atoms with E-state index in [-0.39, 0.29) is 12.5 Å². The Bertz CT molecular complexity index is 283. The van der Waals surface area contributed by atoms with Gasteiger partial charge in [0, 0.05) is 13.1 Å². The van der Waals surface area contributed by atoms with E-state index in [1.54, 1.807) is 0 Å². The molecule has 2 rings (SSSR count). The lowest BCUT2D eigenvalue weighted by Gasteiger charge is -2.15. The molecular weight excluding hydrogens is 210 g/mol. The number of rotatable bonds is 2. The molecule has 6 heteroatoms. The topological polar surface area (TPSA) is 70.7 Å². The molecule has 2 fully saturated rings. The van der Waals surface area contributed by atoms with Gasteiger partial charge in [-0.05, 0) is 24.9 Å². The molecular formula is C10H17N3O3. The standard InChI is InChI=1S/C10H17N3O3/c1-16-10(15)12-9(14)6-13-4-7-2-11-3-8(7)5-13/h7-8,11H,2-6H2,1H3,(H,12,14,15)/t7-,8+. The second-order valence-corrected chi connectivity index (χ2v) is 4.41. The van der Waals surface area contributed by atoms with Gasteiger partial charge in [0.1, 0.15) is 0 Å². The Morgan fingerprint density at radius 3 is 2.56 bits per heavy atom. The van der Waals surface area contributed by atoms with E-state index in [1.807, 2.05) is 0 Å². The van der Waals surface area contributed by atoms with Gasteiger partial charge in [-0.3, -0.25) is 15.0 Å². The number of carbonyl (C=O) groups excluding carboxylic acids is 2. The third kappa shape index (κ3) is 2.51. The van der Waals surface area contributed by atoms with Crippen molar-refractivity contribution < 1.29 is 14.3 Å². The molecule has 0 aliphatic carbocycles. The Balaban J connectivity index is 1.74. The van der Waals surface area contributed by atoms with Gasteiger partial charge in [0.05, 0.1) is 13.7 Å². The first-order valence-electron chi connectivity index (χ1n) is 5.50. The van der Waals surface area contributed by atoms with Crippen molar-refractivity contribution >= 4 is 12.0 Å². The van der Waals surface area contributed by atoms with Crippen LogP contribution in [-0.2, 0) is 9.53 Å². The van der Waals surface area contributed by atoms with Crippen LogP contribution in [0, 0.1) is 11.8 Å². The van der Waals surface area contributed by atoms with Gasteiger partial charge in [0.25, 0.3) is 0 Å². The van der Waals surface area contributed by atoms with Gasteiger partial charge in [-0.25, -0.2) is 4.79 Å². The highest BCUT2D eigenvalue weighted by Gasteiger charge is 2.36. The highest BCUT2D eigenvalue weighted by molar-refractivity contribution is 5.92. The lowest BCUT2D eigenvalue weighted by Crippen LogP contribution is -2.40. The number of nitrogens with one attached hydrogen (secondary N) is 2. The van der Waals surface area contributed by atoms with Crippen molar-refractivity contribution in [1.29, 1.82) is 0 Å². The summed E-state index contributed by atoms with van der Waals surface area (Å²) in [5, 5.41) is 5.50. The summed E-state index contributed by atoms with van der Waals surface area (Å²) in [6.07, 6.45) is -0.689. The number of hydrogen-bond donors (Lipinski definition) is 2. The number of likely N-dealkylation sites (tertiary alicyclic amines) is 1. The number of hydrogen-bond acceptors (Lipinski definition) is 5. The van der Waals surface area contributed by atoms with Crippen molar-refractivity contribution in [2.75, 3.05) is 39.8 Å². The fraction of sp³-hybridized carbons (Fsp3) is 0.800. The minimum atomic E-state index is -0.689. The average molecular weight is 227 g/mol. The van der Waals surface area contributed by atoms with Crippen molar-refractivity contribution in [1.82, 2.24) is 15.5 Å². The second-order valence-electron chi connectivity index (χ2n) is 4.41. The molecule has 16 heavy (non-hydrogen) atoms. The van der Waals surface area contributed by atoms with Gasteiger partial charge in [0.15, 0.2) is 0 Å². The van der Waals surface area contributed by atoms with Crippen molar-refractivity contribution in [3.63, 3.8) is 0 Å². The third-order valence-electron chi connectivity index (χ3n) is 3.26. The molecule has 2 N–H and O–H groups in total. The highest BCUT2D eigenvalue weighted by Crippen LogP contribution is 2.25. The van der Waals surface area contributed by atoms with Gasteiger partial charge in [-0.15, -0.1) is 0 Å². The van der Waals surface area contributed by atoms with Crippen LogP contribution in [0.15, 0.2) is 0 Å². The van der Waals surface area contributed by atoms with Crippen LogP contribution in [0.5, 0.6) is 0 Å². The Morgan fingerprint density at radius 1 is 1.38 bits per heavy atom. The quantitative estimate of drug-likeness (QED) is 0.634. The lowest BCUT2D eigenvalue weighted by molar-refractivity contribution is -0.121. The summed E-state index contributed by atoms with van der Waals surface area (Å²) < 4.78 is 4.36. The molecule has 0 spiro atoms. The predicted molar refractivity (Wildman–Crippen MR) is 56.8 cm³/mol. The number of nitrogens with zero attached hydrogens (tertiary/aromatic N) is 1. The number of carbonyl (C=O) groups is 2. The van der Waals surface area contributed by atoms with Crippen LogP contribution in [0.1, 0.15) is 0 Å². The summed E-state index contributed by atoms with van der Waals surface area (Å²) >= 11 is 0. The monoisotopic (exact) mass is 227 g/mol. The molecule has 2 aliphatic heterocycles. The van der Waals surface area contributed by atoms with E-state index in [1.165, 1.54) is 7.11 Å². The summed E-state index contributed by atoms with van der Waals surface area (Å²) in [6.45, 7) is 4.24. The van der Waals surface area contributed by atoms with Crippen molar-refractivity contribution in [3.05, 3.63) is 0 Å². The molecule has 6 nitrogen and oxygen atoms in total. The molecule has 2 heterocycles. The summed E-state index contributed by atoms with van der Waals surface area (Å²) in [5.41, 5.74) is 0. The minimum absolute atomic E-state index is 0.280. The fourth-order valence-corrected chi connectivity index (χ4v) is 2.49. The molecule has 0 saturated carbocycles. The van der Waals surface area contributed by atoms with E-state index in [0.717, 1.165) is 26.2 Å². The molecule has 0 radical (unpaired) electrons. The molecule has 0 unspecified atom stereocenters. The maximum Gasteiger partial charge on any atom is 0.413 e. The molecule has 90 valence electrons. The summed E-state index contributed by atoms with van der Waals surface area (Å²) in [6, 6.07) is 0. The molecule has 0 aromatic carbocycles. The second kappa shape index (κ2) is 4.80. The van der Waals surface area contributed by atoms with Gasteiger partial charge in [0.2, 0.25) is 5.91 Å². The molecule has 0 bridgehead atoms. The molecule has 2 aliphatic rings. The Labute approximate surface area is 94.3 Å². The van der Waals surface area contributed by atoms with Crippen LogP contribution in [-0.4, -0.2) is 56.7 Å². The first kappa shape index (κ1) is 11.3. The van der Waals surface area contributed by atoms with Crippen LogP contribution in [0.2, 0.25) is 0 Å². The van der Waals surface area contributed by atoms with E-state index in [2.05, 4.69) is 20.3 Å². The molecule has 2 amide bonds. The number of fused-ring (bicyclic) bond motifs is 1. The van der Waals surface area contributed by atoms with Crippen LogP contribution < -0.4 is 10.6 Å². The number of methoxy groups -OCH3 is 1. The zero-order chi connectivity index (χ0) is 11.5. The summed E-state index contributed by atoms with van der Waals surface area (Å²) in [5.74, 6) is 1.02. The van der Waals surface area contributed by atoms with Crippen LogP contribution in [0.3, 0.4) is 0 Å². The van der Waals surface area contributed by atoms with Crippen molar-refractivity contribution in [3.8, 4) is 0 Å². The smallest absolute Gasteiger partial charge is 0.413 e. The van der Waals surface area contributed by atoms with E-state index >= 15 is 0 Å². The fourth-order valence-electron chi connectivity index (χ4n) is 2.49. The van der Waals surface area contributed by atoms with Gasteiger partial charge in [-0.2, -0.15) is 0 Å². The normalized spacial score (nSPS) is 28.8. The Morgan fingerprint density at radius 2 is 2.00 bits per heavy atom. The van der Waals surface area contributed by atoms with Gasteiger partial charge >= 0.3 is 6.09 Å². The van der Waals surface area contributed by atoms with Crippen LogP contribution in [0.4, 0.5) is 4.79 Å². The van der Waals surface area contributed by atoms with E-state index in [9.17, 15) is 9.59 Å². The zero-order valence-electron chi connectivity index (χ0n) is 9.36. The number of amides is 2. The predicted octanol–water partition coefficient (Wildman–Crippen LogP) is -0.980. The van der Waals surface area contributed by atoms with Gasteiger partial charge < -0.3 is 10.1 Å². The highest BCUT2D eigenvalue weighted by atomic mass is 16.5. The first-order chi connectivity index (χ1) is 7.69. The van der Waals surface area contributed by atoms with E-state index < -0.39 is 6.09 Å². The van der Waals surface area contributed by atoms with Crippen molar-refractivity contribution in [2.24, 2.45) is 11.8 Å². The van der Waals surface area contributed by atoms with Gasteiger partial charge in [-0.1, -0.05) is 0 Å². The third-order valence-corrected chi connectivity index (χ3v) is 3.26. The molecule has 2 saturated heterocycles. The largest absolute Gasteiger partial charge is 0.453 e. The number of ether oxygens (including phenoxy) is 1. The summed E-state index contributed by atoms with van der Waals surface area (Å²) in [7, 11) is 1.24. The molecule has 0 aromatic heterocycles. The first-order valence-corrected chi connectivity index (χ1v) is 5.50. The lowest BCUT2D eigenvalue weighted by atomic mass is 10.0. The SMILES string of the molecule is COC(=O)NC(=O)CN1C[C@H]2CNC[C@H]2C1. The minimum Gasteiger partial charge on any atom is -0.453 e. The zero-order valence-corrected chi connectivity index (χ0v) is 9.36. The van der Waals surface area contributed by atoms with E-state index in [4.69, 9.17) is 0 Å². The van der Waals surface area contributed by atoms with Crippen LogP contribution >= 0.6 is 0 Å². The number of alkyl carbamates (subject to hydrolysis) is 1. The summed E-state index contributed by atoms with van der Waals surface area (Å²) in [4.78, 5) is 24.3. The number of imide groups is 1. The van der Waals surface area contributed by atoms with Crippen molar-refractivity contribution in [2.45, 2.75) is 0 Å². The van der Waals surface area contributed by atoms with Crippen LogP contribution in [0.25, 0.3) is 0 Å².